The van der Waals surface area contributed by atoms with Crippen molar-refractivity contribution in [2.75, 3.05) is 25.1 Å². The van der Waals surface area contributed by atoms with Crippen LogP contribution in [0.15, 0.2) is 12.3 Å². The zero-order valence-electron chi connectivity index (χ0n) is 9.86. The molecule has 0 bridgehead atoms. The second-order valence-corrected chi connectivity index (χ2v) is 3.33. The number of alkyl halides is 3. The van der Waals surface area contributed by atoms with Crippen LogP contribution in [0.5, 0.6) is 0 Å². The third-order valence-electron chi connectivity index (χ3n) is 2.15. The fourth-order valence-electron chi connectivity index (χ4n) is 1.20. The predicted octanol–water partition coefficient (Wildman–Crippen LogP) is 1.49. The molecule has 0 aliphatic carbocycles. The molecule has 1 aromatic heterocycles. The topological polar surface area (TPSA) is 55.3 Å². The Morgan fingerprint density at radius 3 is 2.67 bits per heavy atom. The Morgan fingerprint density at radius 1 is 1.50 bits per heavy atom. The molecule has 100 valence electrons. The number of likely N-dealkylation sites (N-methyl/N-ethyl adjacent to an activating group) is 1. The fraction of sp³-hybridized carbons (Fsp3) is 0.500. The number of carbonyl (C=O) groups is 1. The van der Waals surface area contributed by atoms with Gasteiger partial charge in [-0.3, -0.25) is 4.79 Å². The lowest BCUT2D eigenvalue weighted by atomic mass is 10.4. The van der Waals surface area contributed by atoms with Crippen molar-refractivity contribution in [2.24, 2.45) is 0 Å². The van der Waals surface area contributed by atoms with Gasteiger partial charge in [0.2, 0.25) is 5.95 Å². The van der Waals surface area contributed by atoms with E-state index in [1.165, 1.54) is 12.0 Å². The van der Waals surface area contributed by atoms with Crippen LogP contribution in [0.4, 0.5) is 19.1 Å². The first-order valence-corrected chi connectivity index (χ1v) is 5.10. The largest absolute Gasteiger partial charge is 0.468 e. The van der Waals surface area contributed by atoms with E-state index in [0.29, 0.717) is 0 Å². The van der Waals surface area contributed by atoms with E-state index in [2.05, 4.69) is 14.7 Å². The Balaban J connectivity index is 2.96. The summed E-state index contributed by atoms with van der Waals surface area (Å²) in [7, 11) is 1.20. The second-order valence-electron chi connectivity index (χ2n) is 3.33. The van der Waals surface area contributed by atoms with Gasteiger partial charge < -0.3 is 9.64 Å². The van der Waals surface area contributed by atoms with Crippen LogP contribution in [-0.4, -0.2) is 36.1 Å². The molecule has 0 aromatic carbocycles. The monoisotopic (exact) mass is 263 g/mol. The Morgan fingerprint density at radius 2 is 2.17 bits per heavy atom. The summed E-state index contributed by atoms with van der Waals surface area (Å²) in [4.78, 5) is 19.5. The maximum absolute atomic E-state index is 12.5. The Labute approximate surface area is 102 Å². The van der Waals surface area contributed by atoms with E-state index in [-0.39, 0.29) is 19.0 Å². The molecule has 8 heteroatoms. The van der Waals surface area contributed by atoms with E-state index in [4.69, 9.17) is 0 Å². The SMILES string of the molecule is CCN(CC(=O)OC)c1nccc(C(F)(F)F)n1. The van der Waals surface area contributed by atoms with Crippen LogP contribution < -0.4 is 4.90 Å². The van der Waals surface area contributed by atoms with Crippen molar-refractivity contribution in [1.29, 1.82) is 0 Å². The van der Waals surface area contributed by atoms with Gasteiger partial charge in [-0.2, -0.15) is 13.2 Å². The Kier molecular flexibility index (Phi) is 4.46. The fourth-order valence-corrected chi connectivity index (χ4v) is 1.20. The van der Waals surface area contributed by atoms with E-state index in [1.807, 2.05) is 0 Å². The van der Waals surface area contributed by atoms with Gasteiger partial charge in [0.05, 0.1) is 7.11 Å². The molecule has 5 nitrogen and oxygen atoms in total. The number of methoxy groups -OCH3 is 1. The zero-order valence-corrected chi connectivity index (χ0v) is 9.86. The summed E-state index contributed by atoms with van der Waals surface area (Å²) in [5, 5.41) is 0. The van der Waals surface area contributed by atoms with Crippen molar-refractivity contribution in [3.8, 4) is 0 Å². The lowest BCUT2D eigenvalue weighted by Gasteiger charge is -2.19. The number of carbonyl (C=O) groups excluding carboxylic acids is 1. The molecule has 0 N–H and O–H groups in total. The van der Waals surface area contributed by atoms with Crippen molar-refractivity contribution < 1.29 is 22.7 Å². The number of aromatic nitrogens is 2. The first kappa shape index (κ1) is 14.2. The minimum atomic E-state index is -4.54. The number of anilines is 1. The molecule has 0 atom stereocenters. The van der Waals surface area contributed by atoms with Crippen LogP contribution in [0, 0.1) is 0 Å². The highest BCUT2D eigenvalue weighted by molar-refractivity contribution is 5.74. The highest BCUT2D eigenvalue weighted by atomic mass is 19.4. The predicted molar refractivity (Wildman–Crippen MR) is 56.9 cm³/mol. The average molecular weight is 263 g/mol. The molecule has 0 unspecified atom stereocenters. The van der Waals surface area contributed by atoms with Crippen LogP contribution in [0.3, 0.4) is 0 Å². The van der Waals surface area contributed by atoms with Crippen LogP contribution in [0.2, 0.25) is 0 Å². The molecule has 0 radical (unpaired) electrons. The highest BCUT2D eigenvalue weighted by Gasteiger charge is 2.33. The molecule has 0 aliphatic rings. The van der Waals surface area contributed by atoms with Gasteiger partial charge in [-0.1, -0.05) is 0 Å². The van der Waals surface area contributed by atoms with Crippen molar-refractivity contribution in [1.82, 2.24) is 9.97 Å². The molecular weight excluding hydrogens is 251 g/mol. The summed E-state index contributed by atoms with van der Waals surface area (Å²) in [5.74, 6) is -0.726. The number of ether oxygens (including phenoxy) is 1. The summed E-state index contributed by atoms with van der Waals surface area (Å²) >= 11 is 0. The van der Waals surface area contributed by atoms with Crippen molar-refractivity contribution >= 4 is 11.9 Å². The third-order valence-corrected chi connectivity index (χ3v) is 2.15. The van der Waals surface area contributed by atoms with Gasteiger partial charge in [0.15, 0.2) is 0 Å². The molecule has 0 saturated heterocycles. The van der Waals surface area contributed by atoms with E-state index in [9.17, 15) is 18.0 Å². The van der Waals surface area contributed by atoms with Crippen LogP contribution in [0.25, 0.3) is 0 Å². The molecule has 0 saturated carbocycles. The molecule has 1 rings (SSSR count). The van der Waals surface area contributed by atoms with Gasteiger partial charge in [0.25, 0.3) is 0 Å². The van der Waals surface area contributed by atoms with Crippen molar-refractivity contribution in [2.45, 2.75) is 13.1 Å². The van der Waals surface area contributed by atoms with E-state index < -0.39 is 17.8 Å². The van der Waals surface area contributed by atoms with Gasteiger partial charge in [0, 0.05) is 12.7 Å². The number of halogens is 3. The Hall–Kier alpha value is -1.86. The van der Waals surface area contributed by atoms with E-state index in [0.717, 1.165) is 12.3 Å². The number of hydrogen-bond donors (Lipinski definition) is 0. The highest BCUT2D eigenvalue weighted by Crippen LogP contribution is 2.28. The maximum Gasteiger partial charge on any atom is 0.433 e. The molecule has 0 amide bonds. The van der Waals surface area contributed by atoms with Crippen LogP contribution in [-0.2, 0) is 15.7 Å². The molecule has 0 aliphatic heterocycles. The molecule has 0 spiro atoms. The summed E-state index contributed by atoms with van der Waals surface area (Å²) in [6.07, 6.45) is -3.53. The summed E-state index contributed by atoms with van der Waals surface area (Å²) < 4.78 is 41.8. The molecule has 18 heavy (non-hydrogen) atoms. The lowest BCUT2D eigenvalue weighted by Crippen LogP contribution is -2.32. The van der Waals surface area contributed by atoms with Gasteiger partial charge in [-0.05, 0) is 13.0 Å². The van der Waals surface area contributed by atoms with E-state index >= 15 is 0 Å². The minimum Gasteiger partial charge on any atom is -0.468 e. The maximum atomic E-state index is 12.5. The average Bonchev–Trinajstić information content (AvgIpc) is 2.34. The van der Waals surface area contributed by atoms with Crippen molar-refractivity contribution in [3.05, 3.63) is 18.0 Å². The molecule has 0 fully saturated rings. The summed E-state index contributed by atoms with van der Waals surface area (Å²) in [6, 6.07) is 0.773. The van der Waals surface area contributed by atoms with Crippen molar-refractivity contribution in [3.63, 3.8) is 0 Å². The molecular formula is C10H12F3N3O2. The number of esters is 1. The minimum absolute atomic E-state index is 0.155. The lowest BCUT2D eigenvalue weighted by molar-refractivity contribution is -0.141. The van der Waals surface area contributed by atoms with E-state index in [1.54, 1.807) is 6.92 Å². The van der Waals surface area contributed by atoms with Gasteiger partial charge >= 0.3 is 12.1 Å². The Bertz CT molecular complexity index is 423. The van der Waals surface area contributed by atoms with Gasteiger partial charge in [0.1, 0.15) is 12.2 Å². The van der Waals surface area contributed by atoms with Crippen LogP contribution >= 0.6 is 0 Å². The molecule has 1 aromatic rings. The van der Waals surface area contributed by atoms with Gasteiger partial charge in [-0.15, -0.1) is 0 Å². The summed E-state index contributed by atoms with van der Waals surface area (Å²) in [5.41, 5.74) is -1.05. The third kappa shape index (κ3) is 3.57. The normalized spacial score (nSPS) is 11.2. The number of hydrogen-bond acceptors (Lipinski definition) is 5. The first-order chi connectivity index (χ1) is 8.38. The number of rotatable bonds is 4. The standard InChI is InChI=1S/C10H12F3N3O2/c1-3-16(6-8(17)18-2)9-14-5-4-7(15-9)10(11,12)13/h4-5H,3,6H2,1-2H3. The zero-order chi connectivity index (χ0) is 13.8. The summed E-state index contributed by atoms with van der Waals surface area (Å²) in [6.45, 7) is 1.76. The number of nitrogens with zero attached hydrogens (tertiary/aromatic N) is 3. The quantitative estimate of drug-likeness (QED) is 0.770. The smallest absolute Gasteiger partial charge is 0.433 e. The van der Waals surface area contributed by atoms with Crippen LogP contribution in [0.1, 0.15) is 12.6 Å². The van der Waals surface area contributed by atoms with Gasteiger partial charge in [-0.25, -0.2) is 9.97 Å². The molecule has 1 heterocycles. The second kappa shape index (κ2) is 5.65. The first-order valence-electron chi connectivity index (χ1n) is 5.10.